The molecule has 2 N–H and O–H groups in total. The van der Waals surface area contributed by atoms with Crippen molar-refractivity contribution in [2.45, 2.75) is 26.2 Å². The third-order valence-electron chi connectivity index (χ3n) is 4.40. The Morgan fingerprint density at radius 1 is 1.04 bits per heavy atom. The van der Waals surface area contributed by atoms with Crippen LogP contribution in [-0.2, 0) is 6.42 Å². The molecule has 3 aromatic heterocycles. The monoisotopic (exact) mass is 360 g/mol. The van der Waals surface area contributed by atoms with Gasteiger partial charge in [0.25, 0.3) is 0 Å². The zero-order chi connectivity index (χ0) is 17.9. The van der Waals surface area contributed by atoms with Crippen LogP contribution >= 0.6 is 11.3 Å². The summed E-state index contributed by atoms with van der Waals surface area (Å²) in [6.07, 6.45) is 6.73. The van der Waals surface area contributed by atoms with Crippen molar-refractivity contribution in [1.29, 1.82) is 0 Å². The van der Waals surface area contributed by atoms with Gasteiger partial charge in [0.1, 0.15) is 0 Å². The molecule has 4 rings (SSSR count). The zero-order valence-electron chi connectivity index (χ0n) is 14.6. The molecule has 0 bridgehead atoms. The highest BCUT2D eigenvalue weighted by atomic mass is 32.1. The summed E-state index contributed by atoms with van der Waals surface area (Å²) in [6, 6.07) is 14.6. The number of hydrogen-bond donors (Lipinski definition) is 1. The van der Waals surface area contributed by atoms with Gasteiger partial charge in [-0.3, -0.25) is 4.98 Å². The van der Waals surface area contributed by atoms with Crippen molar-refractivity contribution in [3.8, 4) is 21.8 Å². The van der Waals surface area contributed by atoms with Crippen molar-refractivity contribution < 1.29 is 0 Å². The molecule has 0 atom stereocenters. The minimum atomic E-state index is 0.302. The molecule has 0 radical (unpaired) electrons. The molecule has 1 aromatic carbocycles. The lowest BCUT2D eigenvalue weighted by Gasteiger charge is -2.13. The van der Waals surface area contributed by atoms with E-state index in [4.69, 9.17) is 5.73 Å². The Balaban J connectivity index is 1.94. The number of aromatic nitrogens is 3. The molecule has 0 amide bonds. The maximum absolute atomic E-state index is 6.09. The van der Waals surface area contributed by atoms with E-state index >= 15 is 0 Å². The molecule has 0 spiro atoms. The van der Waals surface area contributed by atoms with Gasteiger partial charge >= 0.3 is 0 Å². The van der Waals surface area contributed by atoms with E-state index in [0.717, 1.165) is 46.7 Å². The Hall–Kier alpha value is -2.79. The average molecular weight is 360 g/mol. The number of nitrogen functional groups attached to an aromatic ring is 1. The lowest BCUT2D eigenvalue weighted by Crippen LogP contribution is -2.05. The first-order chi connectivity index (χ1) is 12.8. The Bertz CT molecular complexity index is 1010. The summed E-state index contributed by atoms with van der Waals surface area (Å²) in [5.41, 5.74) is 10.1. The van der Waals surface area contributed by atoms with Crippen LogP contribution in [0.3, 0.4) is 0 Å². The van der Waals surface area contributed by atoms with Crippen LogP contribution in [0.5, 0.6) is 0 Å². The number of hydrogen-bond acceptors (Lipinski definition) is 5. The summed E-state index contributed by atoms with van der Waals surface area (Å²) < 4.78 is 1.25. The quantitative estimate of drug-likeness (QED) is 0.521. The van der Waals surface area contributed by atoms with Gasteiger partial charge in [-0.05, 0) is 42.5 Å². The normalized spacial score (nSPS) is 11.1. The number of fused-ring (bicyclic) bond motifs is 1. The lowest BCUT2D eigenvalue weighted by molar-refractivity contribution is 0.792. The molecule has 130 valence electrons. The lowest BCUT2D eigenvalue weighted by atomic mass is 9.99. The minimum Gasteiger partial charge on any atom is -0.368 e. The fraction of sp³-hybridized carbons (Fsp3) is 0.190. The number of pyridine rings is 1. The second-order valence-electron chi connectivity index (χ2n) is 6.25. The molecule has 0 fully saturated rings. The first-order valence-corrected chi connectivity index (χ1v) is 9.63. The van der Waals surface area contributed by atoms with Crippen molar-refractivity contribution in [1.82, 2.24) is 15.0 Å². The highest BCUT2D eigenvalue weighted by Gasteiger charge is 2.18. The van der Waals surface area contributed by atoms with Crippen LogP contribution in [-0.4, -0.2) is 15.0 Å². The molecule has 0 aliphatic heterocycles. The minimum absolute atomic E-state index is 0.302. The first-order valence-electron chi connectivity index (χ1n) is 8.82. The number of benzene rings is 1. The molecule has 4 nitrogen and oxygen atoms in total. The summed E-state index contributed by atoms with van der Waals surface area (Å²) in [6.45, 7) is 2.20. The SMILES string of the molecule is CCCCc1c(-c2cccnc2)nc(N)nc1-c1cc2ccccc2s1. The van der Waals surface area contributed by atoms with Gasteiger partial charge in [0.2, 0.25) is 5.95 Å². The molecule has 4 aromatic rings. The van der Waals surface area contributed by atoms with Gasteiger partial charge in [-0.25, -0.2) is 9.97 Å². The standard InChI is InChI=1S/C21H20N4S/c1-2-3-9-16-19(15-8-6-11-23-13-15)24-21(22)25-20(16)18-12-14-7-4-5-10-17(14)26-18/h4-8,10-13H,2-3,9H2,1H3,(H2,22,24,25). The molecule has 3 heterocycles. The van der Waals surface area contributed by atoms with Gasteiger partial charge in [0, 0.05) is 28.2 Å². The maximum atomic E-state index is 6.09. The molecule has 0 unspecified atom stereocenters. The number of rotatable bonds is 5. The van der Waals surface area contributed by atoms with Crippen molar-refractivity contribution in [3.63, 3.8) is 0 Å². The molecule has 5 heteroatoms. The molecular formula is C21H20N4S. The van der Waals surface area contributed by atoms with Crippen molar-refractivity contribution >= 4 is 27.4 Å². The van der Waals surface area contributed by atoms with E-state index in [1.54, 1.807) is 17.5 Å². The largest absolute Gasteiger partial charge is 0.368 e. The van der Waals surface area contributed by atoms with Crippen LogP contribution in [0.4, 0.5) is 5.95 Å². The summed E-state index contributed by atoms with van der Waals surface area (Å²) in [5.74, 6) is 0.302. The van der Waals surface area contributed by atoms with Gasteiger partial charge in [-0.2, -0.15) is 0 Å². The molecule has 26 heavy (non-hydrogen) atoms. The average Bonchev–Trinajstić information content (AvgIpc) is 3.11. The molecular weight excluding hydrogens is 340 g/mol. The van der Waals surface area contributed by atoms with Gasteiger partial charge in [0.15, 0.2) is 0 Å². The Kier molecular flexibility index (Phi) is 4.63. The van der Waals surface area contributed by atoms with Crippen LogP contribution in [0.2, 0.25) is 0 Å². The predicted octanol–water partition coefficient (Wildman–Crippen LogP) is 5.35. The fourth-order valence-electron chi connectivity index (χ4n) is 3.14. The Morgan fingerprint density at radius 3 is 2.65 bits per heavy atom. The highest BCUT2D eigenvalue weighted by Crippen LogP contribution is 2.37. The van der Waals surface area contributed by atoms with Crippen LogP contribution in [0, 0.1) is 0 Å². The van der Waals surface area contributed by atoms with Crippen LogP contribution in [0.25, 0.3) is 31.9 Å². The topological polar surface area (TPSA) is 64.7 Å². The highest BCUT2D eigenvalue weighted by molar-refractivity contribution is 7.22. The van der Waals surface area contributed by atoms with Crippen LogP contribution < -0.4 is 5.73 Å². The molecule has 0 aliphatic carbocycles. The van der Waals surface area contributed by atoms with E-state index in [1.807, 2.05) is 18.3 Å². The van der Waals surface area contributed by atoms with Gasteiger partial charge in [-0.1, -0.05) is 31.5 Å². The van der Waals surface area contributed by atoms with E-state index < -0.39 is 0 Å². The van der Waals surface area contributed by atoms with E-state index in [9.17, 15) is 0 Å². The summed E-state index contributed by atoms with van der Waals surface area (Å²) in [4.78, 5) is 14.6. The van der Waals surface area contributed by atoms with Crippen LogP contribution in [0.1, 0.15) is 25.3 Å². The summed E-state index contributed by atoms with van der Waals surface area (Å²) in [7, 11) is 0. The zero-order valence-corrected chi connectivity index (χ0v) is 15.5. The van der Waals surface area contributed by atoms with E-state index in [-0.39, 0.29) is 0 Å². The van der Waals surface area contributed by atoms with Crippen LogP contribution in [0.15, 0.2) is 54.9 Å². The van der Waals surface area contributed by atoms with E-state index in [2.05, 4.69) is 52.2 Å². The third-order valence-corrected chi connectivity index (χ3v) is 5.52. The van der Waals surface area contributed by atoms with E-state index in [1.165, 1.54) is 10.1 Å². The molecule has 0 aliphatic rings. The Morgan fingerprint density at radius 2 is 1.88 bits per heavy atom. The smallest absolute Gasteiger partial charge is 0.221 e. The second kappa shape index (κ2) is 7.22. The van der Waals surface area contributed by atoms with Gasteiger partial charge in [0.05, 0.1) is 16.3 Å². The third kappa shape index (κ3) is 3.18. The number of nitrogens with zero attached hydrogens (tertiary/aromatic N) is 3. The van der Waals surface area contributed by atoms with E-state index in [0.29, 0.717) is 5.95 Å². The van der Waals surface area contributed by atoms with Gasteiger partial charge < -0.3 is 5.73 Å². The van der Waals surface area contributed by atoms with Gasteiger partial charge in [-0.15, -0.1) is 11.3 Å². The maximum Gasteiger partial charge on any atom is 0.221 e. The second-order valence-corrected chi connectivity index (χ2v) is 7.34. The number of unbranched alkanes of at least 4 members (excludes halogenated alkanes) is 1. The first kappa shape index (κ1) is 16.7. The number of thiophene rings is 1. The Labute approximate surface area is 156 Å². The number of nitrogens with two attached hydrogens (primary N) is 1. The summed E-state index contributed by atoms with van der Waals surface area (Å²) >= 11 is 1.75. The summed E-state index contributed by atoms with van der Waals surface area (Å²) in [5, 5.41) is 1.23. The van der Waals surface area contributed by atoms with Crippen molar-refractivity contribution in [2.75, 3.05) is 5.73 Å². The molecule has 0 saturated carbocycles. The fourth-order valence-corrected chi connectivity index (χ4v) is 4.22. The molecule has 0 saturated heterocycles. The van der Waals surface area contributed by atoms with Crippen molar-refractivity contribution in [2.24, 2.45) is 0 Å². The number of anilines is 1. The predicted molar refractivity (Wildman–Crippen MR) is 109 cm³/mol. The van der Waals surface area contributed by atoms with Crippen molar-refractivity contribution in [3.05, 3.63) is 60.4 Å².